The third-order valence-electron chi connectivity index (χ3n) is 3.45. The third kappa shape index (κ3) is 5.54. The molecule has 0 aromatic heterocycles. The Bertz CT molecular complexity index is 233. The number of rotatable bonds is 0. The summed E-state index contributed by atoms with van der Waals surface area (Å²) in [6.07, 6.45) is -2.22. The molecule has 0 aromatic rings. The van der Waals surface area contributed by atoms with Gasteiger partial charge in [0.25, 0.3) is 0 Å². The first-order valence-electron chi connectivity index (χ1n) is 6.57. The van der Waals surface area contributed by atoms with Crippen LogP contribution in [0.5, 0.6) is 0 Å². The Kier molecular flexibility index (Phi) is 6.38. The van der Waals surface area contributed by atoms with E-state index in [1.807, 2.05) is 7.05 Å². The second-order valence-electron chi connectivity index (χ2n) is 5.09. The Morgan fingerprint density at radius 3 is 2.33 bits per heavy atom. The zero-order valence-corrected chi connectivity index (χ0v) is 11.3. The zero-order valence-electron chi connectivity index (χ0n) is 11.3. The highest BCUT2D eigenvalue weighted by Gasteiger charge is 2.41. The quantitative estimate of drug-likeness (QED) is 0.718. The molecule has 0 amide bonds. The van der Waals surface area contributed by atoms with Gasteiger partial charge in [-0.2, -0.15) is 13.2 Å². The first-order chi connectivity index (χ1) is 8.41. The SMILES string of the molecule is CN1CCCNCCC(C(F)(F)F)N(C)CCC1. The van der Waals surface area contributed by atoms with Crippen molar-refractivity contribution < 1.29 is 13.2 Å². The van der Waals surface area contributed by atoms with Crippen LogP contribution in [0.3, 0.4) is 0 Å². The maximum absolute atomic E-state index is 12.9. The van der Waals surface area contributed by atoms with Gasteiger partial charge in [-0.15, -0.1) is 0 Å². The molecular formula is C12H24F3N3. The lowest BCUT2D eigenvalue weighted by Gasteiger charge is -2.31. The summed E-state index contributed by atoms with van der Waals surface area (Å²) < 4.78 is 38.8. The van der Waals surface area contributed by atoms with Crippen LogP contribution in [0.15, 0.2) is 0 Å². The van der Waals surface area contributed by atoms with Gasteiger partial charge >= 0.3 is 6.18 Å². The van der Waals surface area contributed by atoms with E-state index in [0.717, 1.165) is 32.5 Å². The number of nitrogens with zero attached hydrogens (tertiary/aromatic N) is 2. The highest BCUT2D eigenvalue weighted by molar-refractivity contribution is 4.78. The Hall–Kier alpha value is -0.330. The van der Waals surface area contributed by atoms with Crippen molar-refractivity contribution in [3.63, 3.8) is 0 Å². The van der Waals surface area contributed by atoms with Crippen molar-refractivity contribution in [2.75, 3.05) is 46.8 Å². The number of halogens is 3. The van der Waals surface area contributed by atoms with E-state index in [1.165, 1.54) is 4.90 Å². The van der Waals surface area contributed by atoms with Gasteiger partial charge < -0.3 is 10.2 Å². The molecule has 18 heavy (non-hydrogen) atoms. The summed E-state index contributed by atoms with van der Waals surface area (Å²) in [5.41, 5.74) is 0. The van der Waals surface area contributed by atoms with Gasteiger partial charge in [0.15, 0.2) is 0 Å². The number of hydrogen-bond acceptors (Lipinski definition) is 3. The second kappa shape index (κ2) is 7.31. The average Bonchev–Trinajstić information content (AvgIpc) is 2.24. The van der Waals surface area contributed by atoms with Gasteiger partial charge in [-0.05, 0) is 66.1 Å². The maximum Gasteiger partial charge on any atom is 0.404 e. The highest BCUT2D eigenvalue weighted by atomic mass is 19.4. The Labute approximate surface area is 107 Å². The topological polar surface area (TPSA) is 18.5 Å². The van der Waals surface area contributed by atoms with Crippen LogP contribution in [0.1, 0.15) is 19.3 Å². The van der Waals surface area contributed by atoms with E-state index in [0.29, 0.717) is 13.1 Å². The summed E-state index contributed by atoms with van der Waals surface area (Å²) in [4.78, 5) is 3.62. The van der Waals surface area contributed by atoms with Crippen LogP contribution < -0.4 is 5.32 Å². The van der Waals surface area contributed by atoms with Crippen LogP contribution in [0, 0.1) is 0 Å². The molecule has 108 valence electrons. The van der Waals surface area contributed by atoms with Crippen molar-refractivity contribution in [2.24, 2.45) is 0 Å². The van der Waals surface area contributed by atoms with E-state index in [-0.39, 0.29) is 6.42 Å². The van der Waals surface area contributed by atoms with Gasteiger partial charge in [-0.3, -0.25) is 4.90 Å². The smallest absolute Gasteiger partial charge is 0.317 e. The summed E-state index contributed by atoms with van der Waals surface area (Å²) >= 11 is 0. The Balaban J connectivity index is 2.56. The second-order valence-corrected chi connectivity index (χ2v) is 5.09. The molecule has 0 radical (unpaired) electrons. The summed E-state index contributed by atoms with van der Waals surface area (Å²) in [6, 6.07) is -1.32. The average molecular weight is 267 g/mol. The molecule has 1 aliphatic rings. The van der Waals surface area contributed by atoms with E-state index in [4.69, 9.17) is 0 Å². The Morgan fingerprint density at radius 1 is 1.00 bits per heavy atom. The third-order valence-corrected chi connectivity index (χ3v) is 3.45. The molecule has 0 saturated carbocycles. The molecule has 1 unspecified atom stereocenters. The van der Waals surface area contributed by atoms with Crippen molar-refractivity contribution in [1.82, 2.24) is 15.1 Å². The van der Waals surface area contributed by atoms with Crippen molar-refractivity contribution >= 4 is 0 Å². The standard InChI is InChI=1S/C12H24F3N3/c1-17-8-3-6-16-7-5-11(12(13,14)15)18(2)10-4-9-17/h11,16H,3-10H2,1-2H3. The summed E-state index contributed by atoms with van der Waals surface area (Å²) in [6.45, 7) is 3.57. The van der Waals surface area contributed by atoms with Crippen LogP contribution in [0.2, 0.25) is 0 Å². The van der Waals surface area contributed by atoms with Gasteiger partial charge in [0.05, 0.1) is 0 Å². The molecule has 1 aliphatic heterocycles. The molecule has 1 N–H and O–H groups in total. The van der Waals surface area contributed by atoms with Crippen LogP contribution >= 0.6 is 0 Å². The first kappa shape index (κ1) is 15.7. The fourth-order valence-electron chi connectivity index (χ4n) is 2.33. The van der Waals surface area contributed by atoms with Gasteiger partial charge in [0.2, 0.25) is 0 Å². The fourth-order valence-corrected chi connectivity index (χ4v) is 2.33. The van der Waals surface area contributed by atoms with Crippen molar-refractivity contribution in [1.29, 1.82) is 0 Å². The number of alkyl halides is 3. The molecule has 0 aromatic carbocycles. The minimum absolute atomic E-state index is 0.135. The summed E-state index contributed by atoms with van der Waals surface area (Å²) in [5, 5.41) is 3.09. The lowest BCUT2D eigenvalue weighted by molar-refractivity contribution is -0.182. The fraction of sp³-hybridized carbons (Fsp3) is 1.00. The normalized spacial score (nSPS) is 27.5. The molecule has 1 rings (SSSR count). The molecule has 1 heterocycles. The van der Waals surface area contributed by atoms with E-state index in [9.17, 15) is 13.2 Å². The van der Waals surface area contributed by atoms with Crippen molar-refractivity contribution in [2.45, 2.75) is 31.5 Å². The van der Waals surface area contributed by atoms with Crippen LogP contribution in [0.25, 0.3) is 0 Å². The van der Waals surface area contributed by atoms with Crippen LogP contribution in [-0.2, 0) is 0 Å². The van der Waals surface area contributed by atoms with Gasteiger partial charge in [-0.1, -0.05) is 0 Å². The van der Waals surface area contributed by atoms with Gasteiger partial charge in [-0.25, -0.2) is 0 Å². The van der Waals surface area contributed by atoms with E-state index in [1.54, 1.807) is 7.05 Å². The molecule has 3 nitrogen and oxygen atoms in total. The molecule has 1 saturated heterocycles. The van der Waals surface area contributed by atoms with Gasteiger partial charge in [0, 0.05) is 0 Å². The van der Waals surface area contributed by atoms with Crippen LogP contribution in [-0.4, -0.2) is 68.8 Å². The molecule has 0 spiro atoms. The minimum Gasteiger partial charge on any atom is -0.317 e. The maximum atomic E-state index is 12.9. The van der Waals surface area contributed by atoms with E-state index >= 15 is 0 Å². The van der Waals surface area contributed by atoms with Crippen molar-refractivity contribution in [3.05, 3.63) is 0 Å². The lowest BCUT2D eigenvalue weighted by Crippen LogP contribution is -2.46. The molecule has 0 aliphatic carbocycles. The Morgan fingerprint density at radius 2 is 1.67 bits per heavy atom. The summed E-state index contributed by atoms with van der Waals surface area (Å²) in [7, 11) is 3.59. The number of hydrogen-bond donors (Lipinski definition) is 1. The summed E-state index contributed by atoms with van der Waals surface area (Å²) in [5.74, 6) is 0. The van der Waals surface area contributed by atoms with Crippen molar-refractivity contribution in [3.8, 4) is 0 Å². The molecule has 6 heteroatoms. The largest absolute Gasteiger partial charge is 0.404 e. The number of nitrogens with one attached hydrogen (secondary N) is 1. The molecule has 0 bridgehead atoms. The monoisotopic (exact) mass is 267 g/mol. The van der Waals surface area contributed by atoms with E-state index < -0.39 is 12.2 Å². The lowest BCUT2D eigenvalue weighted by atomic mass is 10.1. The predicted molar refractivity (Wildman–Crippen MR) is 66.7 cm³/mol. The molecule has 1 atom stereocenters. The predicted octanol–water partition coefficient (Wildman–Crippen LogP) is 1.55. The molecular weight excluding hydrogens is 243 g/mol. The van der Waals surface area contributed by atoms with Gasteiger partial charge in [0.1, 0.15) is 6.04 Å². The first-order valence-corrected chi connectivity index (χ1v) is 6.57. The minimum atomic E-state index is -4.13. The molecule has 1 fully saturated rings. The zero-order chi connectivity index (χ0) is 13.6. The van der Waals surface area contributed by atoms with E-state index in [2.05, 4.69) is 10.2 Å². The van der Waals surface area contributed by atoms with Crippen LogP contribution in [0.4, 0.5) is 13.2 Å². The highest BCUT2D eigenvalue weighted by Crippen LogP contribution is 2.26.